The van der Waals surface area contributed by atoms with Crippen LogP contribution in [0.2, 0.25) is 0 Å². The quantitative estimate of drug-likeness (QED) is 0.708. The van der Waals surface area contributed by atoms with Gasteiger partial charge in [-0.1, -0.05) is 6.92 Å². The summed E-state index contributed by atoms with van der Waals surface area (Å²) in [5.41, 5.74) is 2.16. The van der Waals surface area contributed by atoms with Gasteiger partial charge < -0.3 is 4.90 Å². The van der Waals surface area contributed by atoms with Crippen molar-refractivity contribution in [3.8, 4) is 0 Å². The molecule has 2 aliphatic rings. The van der Waals surface area contributed by atoms with Crippen LogP contribution < -0.4 is 0 Å². The summed E-state index contributed by atoms with van der Waals surface area (Å²) >= 11 is 1.76. The van der Waals surface area contributed by atoms with Crippen molar-refractivity contribution in [3.63, 3.8) is 0 Å². The number of amides is 1. The molecule has 4 heterocycles. The Bertz CT molecular complexity index is 975. The zero-order valence-corrected chi connectivity index (χ0v) is 15.2. The number of carbonyl (C=O) groups is 1. The molecule has 1 atom stereocenters. The number of carbonyl (C=O) groups excluding carboxylic acids is 1. The van der Waals surface area contributed by atoms with Crippen molar-refractivity contribution in [2.75, 3.05) is 6.54 Å². The van der Waals surface area contributed by atoms with Crippen molar-refractivity contribution < 1.29 is 4.79 Å². The fourth-order valence-corrected chi connectivity index (χ4v) is 5.53. The number of aromatic nitrogens is 4. The smallest absolute Gasteiger partial charge is 0.293 e. The minimum atomic E-state index is -0.0322. The molecule has 130 valence electrons. The van der Waals surface area contributed by atoms with Gasteiger partial charge in [0.2, 0.25) is 5.82 Å². The maximum atomic E-state index is 13.0. The van der Waals surface area contributed by atoms with Gasteiger partial charge in [-0.2, -0.15) is 0 Å². The van der Waals surface area contributed by atoms with E-state index in [9.17, 15) is 4.79 Å². The van der Waals surface area contributed by atoms with Gasteiger partial charge in [-0.15, -0.1) is 16.4 Å². The van der Waals surface area contributed by atoms with Crippen molar-refractivity contribution in [1.29, 1.82) is 0 Å². The second-order valence-corrected chi connectivity index (χ2v) is 8.13. The van der Waals surface area contributed by atoms with Gasteiger partial charge in [-0.3, -0.25) is 4.79 Å². The number of thiophene rings is 1. The van der Waals surface area contributed by atoms with Crippen LogP contribution in [0.4, 0.5) is 0 Å². The first-order valence-electron chi connectivity index (χ1n) is 9.23. The van der Waals surface area contributed by atoms with E-state index in [1.54, 1.807) is 22.2 Å². The molecule has 1 amide bonds. The van der Waals surface area contributed by atoms with E-state index in [-0.39, 0.29) is 5.91 Å². The fraction of sp³-hybridized carbons (Fsp3) is 0.556. The standard InChI is InChI=1S/C18H21N5OS/c1-2-11-6-3-4-9-22(11)18(24)15-20-16-14-12-7-5-8-13(12)25-17(14)19-10-23(16)21-15/h10-11H,2-9H2,1H3. The van der Waals surface area contributed by atoms with Gasteiger partial charge in [0, 0.05) is 17.5 Å². The number of hydrogen-bond acceptors (Lipinski definition) is 5. The monoisotopic (exact) mass is 355 g/mol. The number of hydrogen-bond donors (Lipinski definition) is 0. The van der Waals surface area contributed by atoms with Crippen LogP contribution in [0.15, 0.2) is 6.33 Å². The third-order valence-electron chi connectivity index (χ3n) is 5.59. The Balaban J connectivity index is 1.60. The van der Waals surface area contributed by atoms with Gasteiger partial charge in [0.05, 0.1) is 5.39 Å². The van der Waals surface area contributed by atoms with E-state index < -0.39 is 0 Å². The highest BCUT2D eigenvalue weighted by atomic mass is 32.1. The molecular formula is C18H21N5OS. The predicted octanol–water partition coefficient (Wildman–Crippen LogP) is 3.23. The van der Waals surface area contributed by atoms with Crippen molar-refractivity contribution in [2.45, 2.75) is 57.9 Å². The lowest BCUT2D eigenvalue weighted by molar-refractivity contribution is 0.0595. The summed E-state index contributed by atoms with van der Waals surface area (Å²) < 4.78 is 1.69. The van der Waals surface area contributed by atoms with Gasteiger partial charge in [-0.05, 0) is 50.5 Å². The highest BCUT2D eigenvalue weighted by Gasteiger charge is 2.29. The molecule has 25 heavy (non-hydrogen) atoms. The number of aryl methyl sites for hydroxylation is 2. The highest BCUT2D eigenvalue weighted by molar-refractivity contribution is 7.19. The summed E-state index contributed by atoms with van der Waals surface area (Å²) in [5.74, 6) is 0.280. The Labute approximate surface area is 149 Å². The largest absolute Gasteiger partial charge is 0.333 e. The molecule has 3 aromatic heterocycles. The third kappa shape index (κ3) is 2.28. The van der Waals surface area contributed by atoms with Crippen LogP contribution in [0, 0.1) is 0 Å². The zero-order chi connectivity index (χ0) is 17.0. The molecule has 0 saturated carbocycles. The Morgan fingerprint density at radius 3 is 3.12 bits per heavy atom. The molecular weight excluding hydrogens is 334 g/mol. The molecule has 1 aliphatic carbocycles. The molecule has 3 aromatic rings. The zero-order valence-electron chi connectivity index (χ0n) is 14.4. The second-order valence-electron chi connectivity index (χ2n) is 7.04. The minimum absolute atomic E-state index is 0.0322. The van der Waals surface area contributed by atoms with Crippen molar-refractivity contribution >= 4 is 33.1 Å². The van der Waals surface area contributed by atoms with Crippen LogP contribution in [-0.2, 0) is 12.8 Å². The summed E-state index contributed by atoms with van der Waals surface area (Å²) in [5, 5.41) is 5.58. The summed E-state index contributed by atoms with van der Waals surface area (Å²) in [6.45, 7) is 2.96. The summed E-state index contributed by atoms with van der Waals surface area (Å²) in [7, 11) is 0. The molecule has 1 saturated heterocycles. The van der Waals surface area contributed by atoms with Gasteiger partial charge >= 0.3 is 0 Å². The molecule has 1 fully saturated rings. The average molecular weight is 355 g/mol. The topological polar surface area (TPSA) is 63.4 Å². The van der Waals surface area contributed by atoms with E-state index in [1.165, 1.54) is 23.3 Å². The van der Waals surface area contributed by atoms with Crippen molar-refractivity contribution in [1.82, 2.24) is 24.5 Å². The lowest BCUT2D eigenvalue weighted by atomic mass is 10.00. The maximum Gasteiger partial charge on any atom is 0.293 e. The first-order valence-corrected chi connectivity index (χ1v) is 10.0. The van der Waals surface area contributed by atoms with E-state index >= 15 is 0 Å². The number of rotatable bonds is 2. The summed E-state index contributed by atoms with van der Waals surface area (Å²) in [4.78, 5) is 26.6. The van der Waals surface area contributed by atoms with Crippen LogP contribution in [0.1, 0.15) is 60.1 Å². The molecule has 1 unspecified atom stereocenters. The number of nitrogens with zero attached hydrogens (tertiary/aromatic N) is 5. The van der Waals surface area contributed by atoms with Gasteiger partial charge in [0.25, 0.3) is 5.91 Å². The summed E-state index contributed by atoms with van der Waals surface area (Å²) in [6, 6.07) is 0.316. The fourth-order valence-electron chi connectivity index (χ4n) is 4.30. The van der Waals surface area contributed by atoms with Crippen molar-refractivity contribution in [3.05, 3.63) is 22.6 Å². The first-order chi connectivity index (χ1) is 12.3. The lowest BCUT2D eigenvalue weighted by Gasteiger charge is -2.34. The Morgan fingerprint density at radius 2 is 2.24 bits per heavy atom. The summed E-state index contributed by atoms with van der Waals surface area (Å²) in [6.07, 6.45) is 9.45. The van der Waals surface area contributed by atoms with E-state index in [4.69, 9.17) is 0 Å². The average Bonchev–Trinajstić information content (AvgIpc) is 3.33. The normalized spacial score (nSPS) is 20.5. The third-order valence-corrected chi connectivity index (χ3v) is 6.79. The molecule has 0 aromatic carbocycles. The van der Waals surface area contributed by atoms with Crippen LogP contribution in [0.5, 0.6) is 0 Å². The Morgan fingerprint density at radius 1 is 1.32 bits per heavy atom. The molecule has 0 bridgehead atoms. The van der Waals surface area contributed by atoms with E-state index in [0.717, 1.165) is 54.5 Å². The van der Waals surface area contributed by atoms with Crippen LogP contribution in [0.3, 0.4) is 0 Å². The number of fused-ring (bicyclic) bond motifs is 5. The SMILES string of the molecule is CCC1CCCCN1C(=O)c1nc2c3c4c(sc3ncn2n1)CCC4. The first kappa shape index (κ1) is 15.3. The molecule has 6 nitrogen and oxygen atoms in total. The van der Waals surface area contributed by atoms with Crippen molar-refractivity contribution in [2.24, 2.45) is 0 Å². The number of likely N-dealkylation sites (tertiary alicyclic amines) is 1. The highest BCUT2D eigenvalue weighted by Crippen LogP contribution is 2.37. The van der Waals surface area contributed by atoms with E-state index in [0.29, 0.717) is 11.9 Å². The second kappa shape index (κ2) is 5.76. The molecule has 7 heteroatoms. The van der Waals surface area contributed by atoms with Crippen LogP contribution >= 0.6 is 11.3 Å². The van der Waals surface area contributed by atoms with Gasteiger partial charge in [0.15, 0.2) is 5.65 Å². The Kier molecular flexibility index (Phi) is 3.51. The van der Waals surface area contributed by atoms with Crippen LogP contribution in [-0.4, -0.2) is 43.0 Å². The predicted molar refractivity (Wildman–Crippen MR) is 97.2 cm³/mol. The lowest BCUT2D eigenvalue weighted by Crippen LogP contribution is -2.43. The number of piperidine rings is 1. The molecule has 0 radical (unpaired) electrons. The van der Waals surface area contributed by atoms with Gasteiger partial charge in [-0.25, -0.2) is 14.5 Å². The molecule has 0 N–H and O–H groups in total. The van der Waals surface area contributed by atoms with Crippen LogP contribution in [0.25, 0.3) is 15.9 Å². The molecule has 1 aliphatic heterocycles. The minimum Gasteiger partial charge on any atom is -0.333 e. The Hall–Kier alpha value is -2.02. The molecule has 0 spiro atoms. The molecule has 5 rings (SSSR count). The van der Waals surface area contributed by atoms with E-state index in [1.807, 2.05) is 4.90 Å². The van der Waals surface area contributed by atoms with Gasteiger partial charge in [0.1, 0.15) is 11.2 Å². The van der Waals surface area contributed by atoms with E-state index in [2.05, 4.69) is 22.0 Å². The maximum absolute atomic E-state index is 13.0.